The molecule has 0 aromatic heterocycles. The quantitative estimate of drug-likeness (QED) is 0.0491. The summed E-state index contributed by atoms with van der Waals surface area (Å²) in [4.78, 5) is 15.0. The smallest absolute Gasteiger partial charge is 0.239 e. The molecule has 0 radical (unpaired) electrons. The first-order valence-electron chi connectivity index (χ1n) is 22.2. The number of unbranched alkanes of at least 4 members (excludes halogenated alkanes) is 19. The first-order valence-corrected chi connectivity index (χ1v) is 22.2. The Kier molecular flexibility index (Phi) is 34.9. The molecule has 0 saturated carbocycles. The summed E-state index contributed by atoms with van der Waals surface area (Å²) in [7, 11) is 0. The van der Waals surface area contributed by atoms with E-state index in [4.69, 9.17) is 20.9 Å². The lowest BCUT2D eigenvalue weighted by molar-refractivity contribution is -0.132. The molecule has 1 aliphatic heterocycles. The second-order valence-corrected chi connectivity index (χ2v) is 15.1. The molecule has 0 aliphatic carbocycles. The van der Waals surface area contributed by atoms with Gasteiger partial charge in [0, 0.05) is 26.3 Å². The van der Waals surface area contributed by atoms with Crippen molar-refractivity contribution < 1.29 is 14.3 Å². The Labute approximate surface area is 322 Å². The standard InChI is InChI=1S/C46H85N3O3/c1-3-5-7-9-11-13-15-17-19-21-23-25-27-29-31-35-39-51-44-41-49(46(50)43(48)37-33-34-38-47)42-45(44)52-40-36-32-30-28-26-24-22-20-18-16-14-12-10-8-6-4-2/h11-14,17-20,43-45H,3-10,15-16,21-42,47-48H2,1-2H3/b13-11-,14-12-,19-17-,20-18-/t43-,44+,45+/m0/s1. The van der Waals surface area contributed by atoms with E-state index in [1.807, 2.05) is 4.90 Å². The van der Waals surface area contributed by atoms with Gasteiger partial charge >= 0.3 is 0 Å². The number of hydrogen-bond donors (Lipinski definition) is 2. The van der Waals surface area contributed by atoms with E-state index in [2.05, 4.69) is 62.5 Å². The van der Waals surface area contributed by atoms with Crippen molar-refractivity contribution in [2.45, 2.75) is 205 Å². The third-order valence-electron chi connectivity index (χ3n) is 10.2. The molecule has 52 heavy (non-hydrogen) atoms. The van der Waals surface area contributed by atoms with E-state index >= 15 is 0 Å². The van der Waals surface area contributed by atoms with Crippen LogP contribution in [0.15, 0.2) is 48.6 Å². The molecule has 1 saturated heterocycles. The molecule has 0 bridgehead atoms. The van der Waals surface area contributed by atoms with Gasteiger partial charge < -0.3 is 25.8 Å². The third kappa shape index (κ3) is 28.7. The molecule has 0 spiro atoms. The van der Waals surface area contributed by atoms with Gasteiger partial charge in [-0.3, -0.25) is 4.79 Å². The fourth-order valence-electron chi connectivity index (χ4n) is 6.76. The Morgan fingerprint density at radius 3 is 1.35 bits per heavy atom. The van der Waals surface area contributed by atoms with Gasteiger partial charge in [0.15, 0.2) is 0 Å². The number of nitrogens with two attached hydrogens (primary N) is 2. The van der Waals surface area contributed by atoms with Crippen LogP contribution in [-0.4, -0.2) is 61.9 Å². The summed E-state index contributed by atoms with van der Waals surface area (Å²) in [5.41, 5.74) is 11.9. The zero-order chi connectivity index (χ0) is 37.6. The average Bonchev–Trinajstić information content (AvgIpc) is 3.56. The summed E-state index contributed by atoms with van der Waals surface area (Å²) in [6, 6.07) is -0.466. The molecule has 3 atom stereocenters. The second kappa shape index (κ2) is 37.6. The van der Waals surface area contributed by atoms with Gasteiger partial charge in [0.05, 0.1) is 6.04 Å². The minimum Gasteiger partial charge on any atom is -0.374 e. The molecule has 1 fully saturated rings. The largest absolute Gasteiger partial charge is 0.374 e. The van der Waals surface area contributed by atoms with Crippen molar-refractivity contribution in [2.24, 2.45) is 11.5 Å². The first-order chi connectivity index (χ1) is 25.6. The van der Waals surface area contributed by atoms with Crippen LogP contribution in [0.4, 0.5) is 0 Å². The van der Waals surface area contributed by atoms with E-state index in [-0.39, 0.29) is 18.1 Å². The fraction of sp³-hybridized carbons (Fsp3) is 0.804. The number of carbonyl (C=O) groups is 1. The van der Waals surface area contributed by atoms with Crippen molar-refractivity contribution in [3.8, 4) is 0 Å². The molecular weight excluding hydrogens is 643 g/mol. The van der Waals surface area contributed by atoms with Crippen LogP contribution in [-0.2, 0) is 14.3 Å². The van der Waals surface area contributed by atoms with Crippen molar-refractivity contribution in [1.29, 1.82) is 0 Å². The highest BCUT2D eigenvalue weighted by molar-refractivity contribution is 5.82. The van der Waals surface area contributed by atoms with Crippen LogP contribution in [0.5, 0.6) is 0 Å². The van der Waals surface area contributed by atoms with Gasteiger partial charge in [-0.05, 0) is 96.4 Å². The Bertz CT molecular complexity index is 843. The van der Waals surface area contributed by atoms with Crippen molar-refractivity contribution in [1.82, 2.24) is 4.90 Å². The minimum atomic E-state index is -0.466. The van der Waals surface area contributed by atoms with Gasteiger partial charge in [0.25, 0.3) is 0 Å². The Morgan fingerprint density at radius 2 is 0.942 bits per heavy atom. The van der Waals surface area contributed by atoms with Crippen LogP contribution in [0, 0.1) is 0 Å². The highest BCUT2D eigenvalue weighted by Crippen LogP contribution is 2.20. The fourth-order valence-corrected chi connectivity index (χ4v) is 6.76. The number of carbonyl (C=O) groups excluding carboxylic acids is 1. The summed E-state index contributed by atoms with van der Waals surface area (Å²) >= 11 is 0. The SMILES string of the molecule is CCCCC/C=C\C/C=C\CCCCCCCCO[C@@H]1CN(C(=O)[C@@H](N)CCCCN)C[C@H]1OCCCCCCCC/C=C\C/C=C\CCCCC. The van der Waals surface area contributed by atoms with Crippen molar-refractivity contribution >= 4 is 5.91 Å². The van der Waals surface area contributed by atoms with Gasteiger partial charge in [-0.15, -0.1) is 0 Å². The maximum Gasteiger partial charge on any atom is 0.239 e. The number of ether oxygens (including phenoxy) is 2. The van der Waals surface area contributed by atoms with E-state index in [1.165, 1.54) is 128 Å². The molecule has 6 heteroatoms. The summed E-state index contributed by atoms with van der Waals surface area (Å²) < 4.78 is 12.8. The lowest BCUT2D eigenvalue weighted by Gasteiger charge is -2.20. The summed E-state index contributed by atoms with van der Waals surface area (Å²) in [6.45, 7) is 7.78. The number of nitrogens with zero attached hydrogens (tertiary/aromatic N) is 1. The molecule has 1 aliphatic rings. The molecule has 0 aromatic rings. The maximum absolute atomic E-state index is 13.1. The van der Waals surface area contributed by atoms with Crippen LogP contribution in [0.3, 0.4) is 0 Å². The topological polar surface area (TPSA) is 90.8 Å². The van der Waals surface area contributed by atoms with Crippen LogP contribution in [0.1, 0.15) is 187 Å². The monoisotopic (exact) mass is 728 g/mol. The first kappa shape index (κ1) is 48.3. The maximum atomic E-state index is 13.1. The number of amides is 1. The van der Waals surface area contributed by atoms with Crippen LogP contribution in [0.2, 0.25) is 0 Å². The third-order valence-corrected chi connectivity index (χ3v) is 10.2. The van der Waals surface area contributed by atoms with Gasteiger partial charge in [-0.1, -0.05) is 146 Å². The van der Waals surface area contributed by atoms with Gasteiger partial charge in [0.2, 0.25) is 5.91 Å². The van der Waals surface area contributed by atoms with E-state index < -0.39 is 6.04 Å². The van der Waals surface area contributed by atoms with Gasteiger partial charge in [-0.25, -0.2) is 0 Å². The average molecular weight is 728 g/mol. The zero-order valence-electron chi connectivity index (χ0n) is 34.3. The Morgan fingerprint density at radius 1 is 0.558 bits per heavy atom. The predicted octanol–water partition coefficient (Wildman–Crippen LogP) is 11.7. The lowest BCUT2D eigenvalue weighted by Crippen LogP contribution is -2.43. The second-order valence-electron chi connectivity index (χ2n) is 15.1. The van der Waals surface area contributed by atoms with Crippen molar-refractivity contribution in [2.75, 3.05) is 32.8 Å². The summed E-state index contributed by atoms with van der Waals surface area (Å²) in [5.74, 6) is 0.0270. The van der Waals surface area contributed by atoms with Crippen LogP contribution in [0.25, 0.3) is 0 Å². The number of rotatable bonds is 37. The van der Waals surface area contributed by atoms with E-state index in [1.54, 1.807) is 0 Å². The normalized spacial score (nSPS) is 17.3. The minimum absolute atomic E-state index is 0.0270. The highest BCUT2D eigenvalue weighted by Gasteiger charge is 2.38. The zero-order valence-corrected chi connectivity index (χ0v) is 34.3. The van der Waals surface area contributed by atoms with E-state index in [9.17, 15) is 4.79 Å². The molecule has 1 heterocycles. The number of allylic oxidation sites excluding steroid dienone is 8. The summed E-state index contributed by atoms with van der Waals surface area (Å²) in [5, 5.41) is 0. The molecule has 4 N–H and O–H groups in total. The van der Waals surface area contributed by atoms with Crippen molar-refractivity contribution in [3.05, 3.63) is 48.6 Å². The van der Waals surface area contributed by atoms with E-state index in [0.717, 1.165) is 51.7 Å². The molecular formula is C46H85N3O3. The molecule has 1 rings (SSSR count). The lowest BCUT2D eigenvalue weighted by atomic mass is 10.1. The van der Waals surface area contributed by atoms with E-state index in [0.29, 0.717) is 26.1 Å². The highest BCUT2D eigenvalue weighted by atomic mass is 16.5. The predicted molar refractivity (Wildman–Crippen MR) is 226 cm³/mol. The Hall–Kier alpha value is -1.73. The molecule has 6 nitrogen and oxygen atoms in total. The number of hydrogen-bond acceptors (Lipinski definition) is 5. The number of likely N-dealkylation sites (tertiary alicyclic amines) is 1. The van der Waals surface area contributed by atoms with Crippen LogP contribution < -0.4 is 11.5 Å². The molecule has 0 unspecified atom stereocenters. The van der Waals surface area contributed by atoms with Crippen LogP contribution >= 0.6 is 0 Å². The summed E-state index contributed by atoms with van der Waals surface area (Å²) in [6.07, 6.45) is 50.6. The molecule has 302 valence electrons. The Balaban J connectivity index is 2.24. The van der Waals surface area contributed by atoms with Crippen molar-refractivity contribution in [3.63, 3.8) is 0 Å². The van der Waals surface area contributed by atoms with Gasteiger partial charge in [-0.2, -0.15) is 0 Å². The molecule has 1 amide bonds. The molecule has 0 aromatic carbocycles. The van der Waals surface area contributed by atoms with Gasteiger partial charge in [0.1, 0.15) is 12.2 Å².